The van der Waals surface area contributed by atoms with Gasteiger partial charge in [0.15, 0.2) is 0 Å². The highest BCUT2D eigenvalue weighted by molar-refractivity contribution is 5.97. The standard InChI is InChI=1S/C13H20N2O3/c1-7(2)6-11(16)14-15-13(17)12-8(3)9(4)18-10(12)5/h7H,6H2,1-5H3,(H,14,16)(H,15,17). The summed E-state index contributed by atoms with van der Waals surface area (Å²) in [4.78, 5) is 23.3. The zero-order chi connectivity index (χ0) is 13.9. The molecule has 0 bridgehead atoms. The molecule has 5 heteroatoms. The van der Waals surface area contributed by atoms with Crippen LogP contribution < -0.4 is 10.9 Å². The summed E-state index contributed by atoms with van der Waals surface area (Å²) in [5.41, 5.74) is 6.07. The molecule has 1 heterocycles. The fraction of sp³-hybridized carbons (Fsp3) is 0.538. The average Bonchev–Trinajstić information content (AvgIpc) is 2.49. The zero-order valence-corrected chi connectivity index (χ0v) is 11.5. The molecule has 5 nitrogen and oxygen atoms in total. The SMILES string of the molecule is Cc1oc(C)c(C(=O)NNC(=O)CC(C)C)c1C. The van der Waals surface area contributed by atoms with Crippen molar-refractivity contribution in [3.63, 3.8) is 0 Å². The normalized spacial score (nSPS) is 10.6. The molecule has 100 valence electrons. The van der Waals surface area contributed by atoms with E-state index in [1.165, 1.54) is 0 Å². The third kappa shape index (κ3) is 3.35. The van der Waals surface area contributed by atoms with Gasteiger partial charge in [-0.3, -0.25) is 20.4 Å². The molecule has 0 saturated carbocycles. The molecule has 0 spiro atoms. The molecule has 0 aromatic carbocycles. The van der Waals surface area contributed by atoms with Gasteiger partial charge in [-0.15, -0.1) is 0 Å². The number of nitrogens with one attached hydrogen (secondary N) is 2. The summed E-state index contributed by atoms with van der Waals surface area (Å²) in [5.74, 6) is 0.973. The van der Waals surface area contributed by atoms with Crippen molar-refractivity contribution in [1.29, 1.82) is 0 Å². The number of furan rings is 1. The summed E-state index contributed by atoms with van der Waals surface area (Å²) in [6, 6.07) is 0. The lowest BCUT2D eigenvalue weighted by atomic mass is 10.1. The maximum Gasteiger partial charge on any atom is 0.273 e. The van der Waals surface area contributed by atoms with Crippen LogP contribution in [-0.2, 0) is 4.79 Å². The van der Waals surface area contributed by atoms with Gasteiger partial charge in [-0.05, 0) is 26.7 Å². The molecular formula is C13H20N2O3. The van der Waals surface area contributed by atoms with E-state index >= 15 is 0 Å². The van der Waals surface area contributed by atoms with Crippen molar-refractivity contribution < 1.29 is 14.0 Å². The monoisotopic (exact) mass is 252 g/mol. The molecule has 1 aromatic rings. The Morgan fingerprint density at radius 3 is 2.17 bits per heavy atom. The Balaban J connectivity index is 2.64. The molecule has 0 atom stereocenters. The van der Waals surface area contributed by atoms with Gasteiger partial charge in [-0.25, -0.2) is 0 Å². The fourth-order valence-electron chi connectivity index (χ4n) is 1.74. The maximum absolute atomic E-state index is 11.9. The highest BCUT2D eigenvalue weighted by atomic mass is 16.3. The first kappa shape index (κ1) is 14.3. The number of hydrogen-bond donors (Lipinski definition) is 2. The molecule has 0 unspecified atom stereocenters. The Labute approximate surface area is 107 Å². The second-order valence-electron chi connectivity index (χ2n) is 4.81. The molecule has 2 amide bonds. The minimum Gasteiger partial charge on any atom is -0.466 e. The Morgan fingerprint density at radius 1 is 1.11 bits per heavy atom. The van der Waals surface area contributed by atoms with Gasteiger partial charge in [0.25, 0.3) is 5.91 Å². The summed E-state index contributed by atoms with van der Waals surface area (Å²) in [7, 11) is 0. The van der Waals surface area contributed by atoms with Crippen molar-refractivity contribution in [2.45, 2.75) is 41.0 Å². The minimum atomic E-state index is -0.348. The molecule has 1 aromatic heterocycles. The van der Waals surface area contributed by atoms with E-state index in [1.54, 1.807) is 13.8 Å². The first-order valence-electron chi connectivity index (χ1n) is 5.98. The van der Waals surface area contributed by atoms with Crippen LogP contribution in [0, 0.1) is 26.7 Å². The van der Waals surface area contributed by atoms with Crippen molar-refractivity contribution in [3.05, 3.63) is 22.6 Å². The van der Waals surface area contributed by atoms with Crippen LogP contribution >= 0.6 is 0 Å². The second-order valence-corrected chi connectivity index (χ2v) is 4.81. The van der Waals surface area contributed by atoms with E-state index in [4.69, 9.17) is 4.42 Å². The Kier molecular flexibility index (Phi) is 4.53. The lowest BCUT2D eigenvalue weighted by Gasteiger charge is -2.08. The maximum atomic E-state index is 11.9. The Bertz CT molecular complexity index is 461. The molecule has 0 aliphatic carbocycles. The van der Waals surface area contributed by atoms with E-state index < -0.39 is 0 Å². The van der Waals surface area contributed by atoms with Crippen molar-refractivity contribution in [3.8, 4) is 0 Å². The van der Waals surface area contributed by atoms with Crippen molar-refractivity contribution >= 4 is 11.8 Å². The number of carbonyl (C=O) groups excluding carboxylic acids is 2. The molecule has 0 saturated heterocycles. The first-order chi connectivity index (χ1) is 8.32. The van der Waals surface area contributed by atoms with Crippen LogP contribution in [0.25, 0.3) is 0 Å². The van der Waals surface area contributed by atoms with Crippen molar-refractivity contribution in [2.75, 3.05) is 0 Å². The van der Waals surface area contributed by atoms with Crippen LogP contribution in [0.5, 0.6) is 0 Å². The van der Waals surface area contributed by atoms with Gasteiger partial charge >= 0.3 is 0 Å². The number of carbonyl (C=O) groups is 2. The predicted octanol–water partition coefficient (Wildman–Crippen LogP) is 2.01. The van der Waals surface area contributed by atoms with Crippen LogP contribution in [0.4, 0.5) is 0 Å². The lowest BCUT2D eigenvalue weighted by molar-refractivity contribution is -0.122. The van der Waals surface area contributed by atoms with Gasteiger partial charge in [0, 0.05) is 12.0 Å². The third-order valence-corrected chi connectivity index (χ3v) is 2.70. The van der Waals surface area contributed by atoms with E-state index in [2.05, 4.69) is 10.9 Å². The van der Waals surface area contributed by atoms with Gasteiger partial charge in [-0.1, -0.05) is 13.8 Å². The van der Waals surface area contributed by atoms with Crippen LogP contribution in [0.1, 0.15) is 47.7 Å². The molecule has 0 radical (unpaired) electrons. The van der Waals surface area contributed by atoms with Crippen LogP contribution in [0.15, 0.2) is 4.42 Å². The number of hydrogen-bond acceptors (Lipinski definition) is 3. The molecular weight excluding hydrogens is 232 g/mol. The molecule has 1 rings (SSSR count). The number of rotatable bonds is 3. The summed E-state index contributed by atoms with van der Waals surface area (Å²) in [6.07, 6.45) is 0.378. The summed E-state index contributed by atoms with van der Waals surface area (Å²) in [6.45, 7) is 9.22. The van der Waals surface area contributed by atoms with E-state index in [1.807, 2.05) is 20.8 Å². The smallest absolute Gasteiger partial charge is 0.273 e. The van der Waals surface area contributed by atoms with Crippen molar-refractivity contribution in [2.24, 2.45) is 5.92 Å². The quantitative estimate of drug-likeness (QED) is 0.808. The lowest BCUT2D eigenvalue weighted by Crippen LogP contribution is -2.42. The van der Waals surface area contributed by atoms with Crippen molar-refractivity contribution in [1.82, 2.24) is 10.9 Å². The van der Waals surface area contributed by atoms with E-state index in [9.17, 15) is 9.59 Å². The molecule has 0 aliphatic rings. The number of hydrazine groups is 1. The minimum absolute atomic E-state index is 0.200. The van der Waals surface area contributed by atoms with E-state index in [-0.39, 0.29) is 17.7 Å². The van der Waals surface area contributed by atoms with E-state index in [0.29, 0.717) is 23.5 Å². The molecule has 0 fully saturated rings. The summed E-state index contributed by atoms with van der Waals surface area (Å²) in [5, 5.41) is 0. The van der Waals surface area contributed by atoms with Crippen LogP contribution in [0.3, 0.4) is 0 Å². The van der Waals surface area contributed by atoms with Gasteiger partial charge in [-0.2, -0.15) is 0 Å². The second kappa shape index (κ2) is 5.71. The number of aryl methyl sites for hydroxylation is 2. The van der Waals surface area contributed by atoms with Gasteiger partial charge in [0.1, 0.15) is 11.5 Å². The third-order valence-electron chi connectivity index (χ3n) is 2.70. The summed E-state index contributed by atoms with van der Waals surface area (Å²) < 4.78 is 5.36. The molecule has 18 heavy (non-hydrogen) atoms. The van der Waals surface area contributed by atoms with E-state index in [0.717, 1.165) is 5.56 Å². The fourth-order valence-corrected chi connectivity index (χ4v) is 1.74. The van der Waals surface area contributed by atoms with Gasteiger partial charge in [0.05, 0.1) is 5.56 Å². The largest absolute Gasteiger partial charge is 0.466 e. The Morgan fingerprint density at radius 2 is 1.72 bits per heavy atom. The first-order valence-corrected chi connectivity index (χ1v) is 5.98. The van der Waals surface area contributed by atoms with Gasteiger partial charge in [0.2, 0.25) is 5.91 Å². The molecule has 0 aliphatic heterocycles. The highest BCUT2D eigenvalue weighted by Crippen LogP contribution is 2.20. The highest BCUT2D eigenvalue weighted by Gasteiger charge is 2.18. The predicted molar refractivity (Wildman–Crippen MR) is 68.0 cm³/mol. The number of amides is 2. The Hall–Kier alpha value is -1.78. The van der Waals surface area contributed by atoms with Gasteiger partial charge < -0.3 is 4.42 Å². The molecule has 2 N–H and O–H groups in total. The van der Waals surface area contributed by atoms with Crippen LogP contribution in [0.2, 0.25) is 0 Å². The van der Waals surface area contributed by atoms with Crippen LogP contribution in [-0.4, -0.2) is 11.8 Å². The average molecular weight is 252 g/mol. The summed E-state index contributed by atoms with van der Waals surface area (Å²) >= 11 is 0. The zero-order valence-electron chi connectivity index (χ0n) is 11.5. The topological polar surface area (TPSA) is 71.3 Å².